The Balaban J connectivity index is 2.81. The van der Waals surface area contributed by atoms with Crippen LogP contribution in [0.3, 0.4) is 0 Å². The van der Waals surface area contributed by atoms with Crippen molar-refractivity contribution in [1.82, 2.24) is 14.7 Å². The largest absolute Gasteiger partial charge is 0.409 e. The Morgan fingerprint density at radius 1 is 1.72 bits per heavy atom. The molecule has 1 atom stereocenters. The van der Waals surface area contributed by atoms with Gasteiger partial charge in [0.05, 0.1) is 5.69 Å². The molecule has 7 nitrogen and oxygen atoms in total. The van der Waals surface area contributed by atoms with Crippen molar-refractivity contribution in [3.63, 3.8) is 0 Å². The fourth-order valence-electron chi connectivity index (χ4n) is 1.67. The summed E-state index contributed by atoms with van der Waals surface area (Å²) in [4.78, 5) is 13.8. The quantitative estimate of drug-likeness (QED) is 0.349. The number of rotatable bonds is 4. The van der Waals surface area contributed by atoms with Crippen LogP contribution in [0.2, 0.25) is 0 Å². The molecule has 1 rings (SSSR count). The summed E-state index contributed by atoms with van der Waals surface area (Å²) in [5.41, 5.74) is 6.73. The highest BCUT2D eigenvalue weighted by molar-refractivity contribution is 5.93. The van der Waals surface area contributed by atoms with Crippen molar-refractivity contribution in [2.45, 2.75) is 26.3 Å². The van der Waals surface area contributed by atoms with Gasteiger partial charge in [-0.3, -0.25) is 9.48 Å². The minimum Gasteiger partial charge on any atom is -0.409 e. The molecule has 7 heteroatoms. The Hall–Kier alpha value is -2.05. The van der Waals surface area contributed by atoms with E-state index in [4.69, 9.17) is 10.9 Å². The van der Waals surface area contributed by atoms with Crippen molar-refractivity contribution in [2.24, 2.45) is 17.9 Å². The zero-order chi connectivity index (χ0) is 13.9. The van der Waals surface area contributed by atoms with Crippen molar-refractivity contribution in [3.8, 4) is 0 Å². The summed E-state index contributed by atoms with van der Waals surface area (Å²) in [5.74, 6) is -0.0420. The highest BCUT2D eigenvalue weighted by Gasteiger charge is 2.21. The molecule has 0 aliphatic heterocycles. The Morgan fingerprint density at radius 2 is 2.33 bits per heavy atom. The third kappa shape index (κ3) is 2.99. The number of hydrogen-bond acceptors (Lipinski definition) is 4. The van der Waals surface area contributed by atoms with E-state index in [2.05, 4.69) is 10.3 Å². The van der Waals surface area contributed by atoms with Crippen LogP contribution in [0.25, 0.3) is 0 Å². The average Bonchev–Trinajstić information content (AvgIpc) is 2.66. The van der Waals surface area contributed by atoms with Crippen molar-refractivity contribution in [1.29, 1.82) is 0 Å². The monoisotopic (exact) mass is 253 g/mol. The molecule has 18 heavy (non-hydrogen) atoms. The van der Waals surface area contributed by atoms with E-state index in [9.17, 15) is 4.79 Å². The lowest BCUT2D eigenvalue weighted by Crippen LogP contribution is -2.38. The molecule has 0 bridgehead atoms. The molecule has 1 heterocycles. The number of amidine groups is 1. The number of carbonyl (C=O) groups is 1. The second-order valence-corrected chi connectivity index (χ2v) is 4.36. The Morgan fingerprint density at radius 3 is 2.78 bits per heavy atom. The summed E-state index contributed by atoms with van der Waals surface area (Å²) in [7, 11) is 3.41. The first-order chi connectivity index (χ1) is 8.36. The minimum atomic E-state index is -0.163. The number of nitrogens with two attached hydrogens (primary N) is 1. The van der Waals surface area contributed by atoms with E-state index in [0.29, 0.717) is 12.1 Å². The maximum Gasteiger partial charge on any atom is 0.272 e. The number of carbonyl (C=O) groups excluding carboxylic acids is 1. The fourth-order valence-corrected chi connectivity index (χ4v) is 1.67. The lowest BCUT2D eigenvalue weighted by atomic mass is 10.2. The zero-order valence-corrected chi connectivity index (χ0v) is 11.1. The number of aromatic nitrogens is 2. The first kappa shape index (κ1) is 14.0. The van der Waals surface area contributed by atoms with Crippen molar-refractivity contribution >= 4 is 11.7 Å². The predicted octanol–water partition coefficient (Wildman–Crippen LogP) is 0.326. The summed E-state index contributed by atoms with van der Waals surface area (Å²) >= 11 is 0. The third-order valence-electron chi connectivity index (χ3n) is 2.84. The van der Waals surface area contributed by atoms with Gasteiger partial charge in [0, 0.05) is 26.6 Å². The standard InChI is InChI=1S/C11H19N5O2/c1-7-5-9(16(4)13-7)11(17)15(3)8(2)6-10(12)14-18/h5,8,18H,6H2,1-4H3,(H2,12,14). The average molecular weight is 253 g/mol. The van der Waals surface area contributed by atoms with E-state index in [0.717, 1.165) is 5.69 Å². The third-order valence-corrected chi connectivity index (χ3v) is 2.84. The molecule has 0 radical (unpaired) electrons. The number of aryl methyl sites for hydroxylation is 2. The number of hydrogen-bond donors (Lipinski definition) is 2. The van der Waals surface area contributed by atoms with Gasteiger partial charge in [0.2, 0.25) is 0 Å². The topological polar surface area (TPSA) is 96.7 Å². The minimum absolute atomic E-state index is 0.100. The molecule has 0 saturated heterocycles. The maximum atomic E-state index is 12.2. The van der Waals surface area contributed by atoms with Crippen molar-refractivity contribution < 1.29 is 10.0 Å². The molecule has 1 unspecified atom stereocenters. The molecule has 0 saturated carbocycles. The predicted molar refractivity (Wildman–Crippen MR) is 67.5 cm³/mol. The van der Waals surface area contributed by atoms with Crippen LogP contribution in [0.5, 0.6) is 0 Å². The fraction of sp³-hybridized carbons (Fsp3) is 0.545. The van der Waals surface area contributed by atoms with Gasteiger partial charge >= 0.3 is 0 Å². The number of oxime groups is 1. The highest BCUT2D eigenvalue weighted by Crippen LogP contribution is 2.09. The van der Waals surface area contributed by atoms with Gasteiger partial charge in [-0.2, -0.15) is 5.10 Å². The second-order valence-electron chi connectivity index (χ2n) is 4.36. The van der Waals surface area contributed by atoms with Gasteiger partial charge in [-0.15, -0.1) is 0 Å². The van der Waals surface area contributed by atoms with E-state index in [-0.39, 0.29) is 17.8 Å². The van der Waals surface area contributed by atoms with Gasteiger partial charge < -0.3 is 15.8 Å². The lowest BCUT2D eigenvalue weighted by Gasteiger charge is -2.24. The van der Waals surface area contributed by atoms with E-state index < -0.39 is 0 Å². The molecule has 100 valence electrons. The SMILES string of the molecule is Cc1cc(C(=O)N(C)C(C)CC(N)=NO)n(C)n1. The van der Waals surface area contributed by atoms with E-state index in [1.54, 1.807) is 29.7 Å². The van der Waals surface area contributed by atoms with Gasteiger partial charge in [0.25, 0.3) is 5.91 Å². The molecular weight excluding hydrogens is 234 g/mol. The maximum absolute atomic E-state index is 12.2. The second kappa shape index (κ2) is 5.52. The van der Waals surface area contributed by atoms with Crippen LogP contribution in [-0.2, 0) is 7.05 Å². The molecule has 0 aliphatic rings. The smallest absolute Gasteiger partial charge is 0.272 e. The Labute approximate surface area is 106 Å². The lowest BCUT2D eigenvalue weighted by molar-refractivity contribution is 0.0736. The van der Waals surface area contributed by atoms with E-state index in [1.165, 1.54) is 0 Å². The van der Waals surface area contributed by atoms with Crippen LogP contribution < -0.4 is 5.73 Å². The van der Waals surface area contributed by atoms with Gasteiger partial charge in [0.15, 0.2) is 0 Å². The van der Waals surface area contributed by atoms with Crippen LogP contribution in [-0.4, -0.2) is 44.7 Å². The van der Waals surface area contributed by atoms with Crippen molar-refractivity contribution in [3.05, 3.63) is 17.5 Å². The van der Waals surface area contributed by atoms with Gasteiger partial charge in [-0.1, -0.05) is 5.16 Å². The molecule has 0 spiro atoms. The van der Waals surface area contributed by atoms with Gasteiger partial charge in [-0.25, -0.2) is 0 Å². The first-order valence-electron chi connectivity index (χ1n) is 5.61. The summed E-state index contributed by atoms with van der Waals surface area (Å²) in [6.07, 6.45) is 0.315. The summed E-state index contributed by atoms with van der Waals surface area (Å²) < 4.78 is 1.55. The van der Waals surface area contributed by atoms with Gasteiger partial charge in [-0.05, 0) is 19.9 Å². The first-order valence-corrected chi connectivity index (χ1v) is 5.61. The zero-order valence-electron chi connectivity index (χ0n) is 11.1. The normalized spacial score (nSPS) is 13.4. The van der Waals surface area contributed by atoms with Crippen molar-refractivity contribution in [2.75, 3.05) is 7.05 Å². The molecule has 1 amide bonds. The highest BCUT2D eigenvalue weighted by atomic mass is 16.4. The summed E-state index contributed by atoms with van der Waals surface area (Å²) in [6.45, 7) is 3.66. The molecule has 0 aromatic carbocycles. The number of amides is 1. The molecule has 3 N–H and O–H groups in total. The molecule has 0 fully saturated rings. The summed E-state index contributed by atoms with van der Waals surface area (Å²) in [5, 5.41) is 15.5. The molecule has 1 aromatic heterocycles. The summed E-state index contributed by atoms with van der Waals surface area (Å²) in [6, 6.07) is 1.57. The van der Waals surface area contributed by atoms with Crippen LogP contribution in [0.4, 0.5) is 0 Å². The Bertz CT molecular complexity index is 466. The van der Waals surface area contributed by atoms with Gasteiger partial charge in [0.1, 0.15) is 11.5 Å². The molecular formula is C11H19N5O2. The molecule has 0 aliphatic carbocycles. The van der Waals surface area contributed by atoms with E-state index >= 15 is 0 Å². The number of nitrogens with zero attached hydrogens (tertiary/aromatic N) is 4. The van der Waals surface area contributed by atoms with Crippen LogP contribution in [0.1, 0.15) is 29.5 Å². The van der Waals surface area contributed by atoms with Crippen LogP contribution >= 0.6 is 0 Å². The van der Waals surface area contributed by atoms with E-state index in [1.807, 2.05) is 13.8 Å². The molecule has 1 aromatic rings. The Kier molecular flexibility index (Phi) is 4.30. The van der Waals surface area contributed by atoms with Crippen LogP contribution in [0.15, 0.2) is 11.2 Å². The van der Waals surface area contributed by atoms with Crippen LogP contribution in [0, 0.1) is 6.92 Å².